The minimum absolute atomic E-state index is 0.0116. The molecule has 1 amide bonds. The number of halogens is 1. The minimum Gasteiger partial charge on any atom is -0.309 e. The molecule has 1 saturated heterocycles. The largest absolute Gasteiger partial charge is 0.309 e. The van der Waals surface area contributed by atoms with Gasteiger partial charge < -0.3 is 4.90 Å². The maximum absolute atomic E-state index is 12.6. The maximum atomic E-state index is 12.6. The Morgan fingerprint density at radius 2 is 2.20 bits per heavy atom. The van der Waals surface area contributed by atoms with Gasteiger partial charge in [0.15, 0.2) is 0 Å². The molecule has 1 aliphatic heterocycles. The molecular formula is C15H18BrN3O. The van der Waals surface area contributed by atoms with Gasteiger partial charge in [-0.3, -0.25) is 9.69 Å². The zero-order valence-corrected chi connectivity index (χ0v) is 13.5. The molecule has 5 heteroatoms. The lowest BCUT2D eigenvalue weighted by molar-refractivity contribution is -0.126. The molecule has 0 bridgehead atoms. The lowest BCUT2D eigenvalue weighted by Gasteiger charge is -2.42. The van der Waals surface area contributed by atoms with Crippen LogP contribution in [0.5, 0.6) is 0 Å². The van der Waals surface area contributed by atoms with Crippen molar-refractivity contribution < 1.29 is 4.79 Å². The first kappa shape index (κ1) is 15.0. The lowest BCUT2D eigenvalue weighted by atomic mass is 10.0. The van der Waals surface area contributed by atoms with Gasteiger partial charge in [0.25, 0.3) is 0 Å². The third-order valence-electron chi connectivity index (χ3n) is 3.92. The Morgan fingerprint density at radius 1 is 1.50 bits per heavy atom. The number of hydrogen-bond donors (Lipinski definition) is 0. The smallest absolute Gasteiger partial charge is 0.245 e. The van der Waals surface area contributed by atoms with Crippen molar-refractivity contribution in [1.29, 1.82) is 5.26 Å². The predicted molar refractivity (Wildman–Crippen MR) is 82.5 cm³/mol. The van der Waals surface area contributed by atoms with Gasteiger partial charge in [-0.05, 0) is 44.7 Å². The number of carbonyl (C=O) groups excluding carboxylic acids is 1. The number of rotatable bonds is 2. The van der Waals surface area contributed by atoms with E-state index in [9.17, 15) is 4.79 Å². The number of aryl methyl sites for hydroxylation is 1. The Bertz CT molecular complexity index is 567. The summed E-state index contributed by atoms with van der Waals surface area (Å²) in [5, 5.41) is 8.93. The lowest BCUT2D eigenvalue weighted by Crippen LogP contribution is -2.59. The molecule has 2 unspecified atom stereocenters. The van der Waals surface area contributed by atoms with Gasteiger partial charge in [0, 0.05) is 22.7 Å². The van der Waals surface area contributed by atoms with Crippen LogP contribution in [0.2, 0.25) is 0 Å². The van der Waals surface area contributed by atoms with E-state index in [4.69, 9.17) is 5.26 Å². The molecular weight excluding hydrogens is 318 g/mol. The summed E-state index contributed by atoms with van der Waals surface area (Å²) in [7, 11) is 1.91. The molecule has 1 aromatic carbocycles. The Kier molecular flexibility index (Phi) is 4.46. The normalized spacial score (nSPS) is 23.8. The summed E-state index contributed by atoms with van der Waals surface area (Å²) < 4.78 is 1.00. The summed E-state index contributed by atoms with van der Waals surface area (Å²) in [4.78, 5) is 16.4. The summed E-state index contributed by atoms with van der Waals surface area (Å²) >= 11 is 3.44. The zero-order chi connectivity index (χ0) is 14.9. The van der Waals surface area contributed by atoms with Gasteiger partial charge in [-0.15, -0.1) is 0 Å². The molecule has 1 heterocycles. The fourth-order valence-electron chi connectivity index (χ4n) is 2.60. The van der Waals surface area contributed by atoms with Crippen LogP contribution in [0.25, 0.3) is 0 Å². The van der Waals surface area contributed by atoms with E-state index in [-0.39, 0.29) is 24.4 Å². The second-order valence-corrected chi connectivity index (χ2v) is 6.19. The van der Waals surface area contributed by atoms with Crippen molar-refractivity contribution in [3.05, 3.63) is 28.2 Å². The molecule has 2 atom stereocenters. The number of anilines is 1. The Labute approximate surface area is 128 Å². The standard InChI is InChI=1S/C15H18BrN3O/c1-10-8-12(16)4-5-13(10)19-9-11(2)18(3)14(6-7-17)15(19)20/h4-5,8,11,14H,6,9H2,1-3H3. The van der Waals surface area contributed by atoms with E-state index in [0.29, 0.717) is 6.54 Å². The van der Waals surface area contributed by atoms with Crippen molar-refractivity contribution in [1.82, 2.24) is 4.90 Å². The first-order valence-electron chi connectivity index (χ1n) is 6.62. The predicted octanol–water partition coefficient (Wildman–Crippen LogP) is 2.71. The van der Waals surface area contributed by atoms with E-state index in [2.05, 4.69) is 28.9 Å². The average molecular weight is 336 g/mol. The fourth-order valence-corrected chi connectivity index (χ4v) is 3.08. The van der Waals surface area contributed by atoms with Crippen molar-refractivity contribution in [2.45, 2.75) is 32.4 Å². The van der Waals surface area contributed by atoms with Crippen LogP contribution < -0.4 is 4.90 Å². The van der Waals surface area contributed by atoms with Crippen LogP contribution in [0.3, 0.4) is 0 Å². The molecule has 20 heavy (non-hydrogen) atoms. The summed E-state index contributed by atoms with van der Waals surface area (Å²) in [6.45, 7) is 4.73. The van der Waals surface area contributed by atoms with Gasteiger partial charge in [-0.2, -0.15) is 5.26 Å². The van der Waals surface area contributed by atoms with E-state index in [0.717, 1.165) is 15.7 Å². The van der Waals surface area contributed by atoms with E-state index < -0.39 is 0 Å². The highest BCUT2D eigenvalue weighted by atomic mass is 79.9. The number of benzene rings is 1. The Balaban J connectivity index is 2.36. The maximum Gasteiger partial charge on any atom is 0.245 e. The van der Waals surface area contributed by atoms with Gasteiger partial charge in [-0.25, -0.2) is 0 Å². The van der Waals surface area contributed by atoms with Gasteiger partial charge in [0.05, 0.1) is 12.5 Å². The second kappa shape index (κ2) is 5.94. The number of nitrogens with zero attached hydrogens (tertiary/aromatic N) is 3. The Hall–Kier alpha value is -1.38. The van der Waals surface area contributed by atoms with Crippen LogP contribution in [-0.4, -0.2) is 36.5 Å². The van der Waals surface area contributed by atoms with E-state index in [1.54, 1.807) is 0 Å². The summed E-state index contributed by atoms with van der Waals surface area (Å²) in [5.41, 5.74) is 1.99. The third-order valence-corrected chi connectivity index (χ3v) is 4.41. The van der Waals surface area contributed by atoms with Crippen LogP contribution in [0.4, 0.5) is 5.69 Å². The molecule has 0 aliphatic carbocycles. The molecule has 4 nitrogen and oxygen atoms in total. The molecule has 2 rings (SSSR count). The van der Waals surface area contributed by atoms with Crippen molar-refractivity contribution in [2.24, 2.45) is 0 Å². The van der Waals surface area contributed by atoms with Gasteiger partial charge in [0.1, 0.15) is 6.04 Å². The Morgan fingerprint density at radius 3 is 2.80 bits per heavy atom. The number of hydrogen-bond acceptors (Lipinski definition) is 3. The number of nitriles is 1. The molecule has 0 N–H and O–H groups in total. The van der Waals surface area contributed by atoms with Crippen molar-refractivity contribution in [3.8, 4) is 6.07 Å². The molecule has 0 aromatic heterocycles. The molecule has 106 valence electrons. The molecule has 0 spiro atoms. The van der Waals surface area contributed by atoms with E-state index in [1.165, 1.54) is 0 Å². The van der Waals surface area contributed by atoms with Gasteiger partial charge in [0.2, 0.25) is 5.91 Å². The van der Waals surface area contributed by atoms with Crippen molar-refractivity contribution in [3.63, 3.8) is 0 Å². The second-order valence-electron chi connectivity index (χ2n) is 5.27. The first-order chi connectivity index (χ1) is 9.45. The highest BCUT2D eigenvalue weighted by Gasteiger charge is 2.37. The highest BCUT2D eigenvalue weighted by molar-refractivity contribution is 9.10. The van der Waals surface area contributed by atoms with Crippen LogP contribution in [0, 0.1) is 18.3 Å². The highest BCUT2D eigenvalue weighted by Crippen LogP contribution is 2.28. The fraction of sp³-hybridized carbons (Fsp3) is 0.467. The topological polar surface area (TPSA) is 47.3 Å². The average Bonchev–Trinajstić information content (AvgIpc) is 2.40. The quantitative estimate of drug-likeness (QED) is 0.834. The van der Waals surface area contributed by atoms with Crippen LogP contribution >= 0.6 is 15.9 Å². The monoisotopic (exact) mass is 335 g/mol. The van der Waals surface area contributed by atoms with Gasteiger partial charge >= 0.3 is 0 Å². The van der Waals surface area contributed by atoms with Crippen LogP contribution in [0.1, 0.15) is 18.9 Å². The van der Waals surface area contributed by atoms with Gasteiger partial charge in [-0.1, -0.05) is 15.9 Å². The van der Waals surface area contributed by atoms with Crippen LogP contribution in [0.15, 0.2) is 22.7 Å². The van der Waals surface area contributed by atoms with Crippen molar-refractivity contribution in [2.75, 3.05) is 18.5 Å². The number of amides is 1. The van der Waals surface area contributed by atoms with E-state index >= 15 is 0 Å². The summed E-state index contributed by atoms with van der Waals surface area (Å²) in [6.07, 6.45) is 0.228. The van der Waals surface area contributed by atoms with Crippen molar-refractivity contribution >= 4 is 27.5 Å². The number of piperazine rings is 1. The number of carbonyl (C=O) groups is 1. The molecule has 0 saturated carbocycles. The molecule has 1 aliphatic rings. The zero-order valence-electron chi connectivity index (χ0n) is 11.9. The first-order valence-corrected chi connectivity index (χ1v) is 7.41. The summed E-state index contributed by atoms with van der Waals surface area (Å²) in [5.74, 6) is 0.0116. The van der Waals surface area contributed by atoms with E-state index in [1.807, 2.05) is 42.0 Å². The molecule has 1 fully saturated rings. The molecule has 1 aromatic rings. The summed E-state index contributed by atoms with van der Waals surface area (Å²) in [6, 6.07) is 7.90. The van der Waals surface area contributed by atoms with Crippen LogP contribution in [-0.2, 0) is 4.79 Å². The molecule has 0 radical (unpaired) electrons. The SMILES string of the molecule is Cc1cc(Br)ccc1N1CC(C)N(C)C(CC#N)C1=O. The minimum atomic E-state index is -0.355. The number of likely N-dealkylation sites (N-methyl/N-ethyl adjacent to an activating group) is 1. The third kappa shape index (κ3) is 2.72.